The van der Waals surface area contributed by atoms with E-state index in [9.17, 15) is 9.59 Å². The first kappa shape index (κ1) is 17.5. The van der Waals surface area contributed by atoms with Crippen LogP contribution in [0.25, 0.3) is 11.3 Å². The monoisotopic (exact) mass is 382 g/mol. The van der Waals surface area contributed by atoms with Gasteiger partial charge in [-0.15, -0.1) is 11.3 Å². The number of benzene rings is 1. The summed E-state index contributed by atoms with van der Waals surface area (Å²) in [6.45, 7) is 2.00. The van der Waals surface area contributed by atoms with Gasteiger partial charge in [-0.05, 0) is 31.7 Å². The van der Waals surface area contributed by atoms with Crippen molar-refractivity contribution in [2.45, 2.75) is 26.2 Å². The molecule has 3 aromatic rings. The number of methoxy groups -OCH3 is 1. The molecule has 0 saturated carbocycles. The van der Waals surface area contributed by atoms with E-state index in [0.29, 0.717) is 16.3 Å². The third-order valence-corrected chi connectivity index (χ3v) is 5.82. The highest BCUT2D eigenvalue weighted by atomic mass is 32.1. The molecule has 0 radical (unpaired) electrons. The first-order valence-corrected chi connectivity index (χ1v) is 9.46. The molecule has 7 heteroatoms. The summed E-state index contributed by atoms with van der Waals surface area (Å²) in [4.78, 5) is 25.9. The first-order valence-electron chi connectivity index (χ1n) is 8.64. The van der Waals surface area contributed by atoms with Crippen LogP contribution < -0.4 is 5.32 Å². The van der Waals surface area contributed by atoms with Crippen LogP contribution >= 0.6 is 11.3 Å². The Balaban J connectivity index is 1.59. The molecule has 1 aliphatic carbocycles. The number of aryl methyl sites for hydroxylation is 2. The Bertz CT molecular complexity index is 1020. The van der Waals surface area contributed by atoms with Crippen LogP contribution in [0.1, 0.15) is 43.3 Å². The SMILES string of the molecule is COC(=O)c1c(NC(=O)c2cc(-c3ccc(C)cc3)on2)sc2c1CCC2. The first-order chi connectivity index (χ1) is 13.1. The lowest BCUT2D eigenvalue weighted by Gasteiger charge is -2.05. The molecular weight excluding hydrogens is 364 g/mol. The smallest absolute Gasteiger partial charge is 0.341 e. The molecule has 2 heterocycles. The van der Waals surface area contributed by atoms with Crippen LogP contribution in [-0.2, 0) is 17.6 Å². The third-order valence-electron chi connectivity index (χ3n) is 4.62. The fraction of sp³-hybridized carbons (Fsp3) is 0.250. The van der Waals surface area contributed by atoms with Crippen molar-refractivity contribution < 1.29 is 18.8 Å². The molecule has 1 aromatic carbocycles. The van der Waals surface area contributed by atoms with E-state index < -0.39 is 11.9 Å². The van der Waals surface area contributed by atoms with Crippen LogP contribution in [0.3, 0.4) is 0 Å². The van der Waals surface area contributed by atoms with E-state index in [1.54, 1.807) is 6.07 Å². The van der Waals surface area contributed by atoms with E-state index in [1.165, 1.54) is 18.4 Å². The van der Waals surface area contributed by atoms with E-state index in [2.05, 4.69) is 10.5 Å². The van der Waals surface area contributed by atoms with Gasteiger partial charge in [0.1, 0.15) is 5.00 Å². The lowest BCUT2D eigenvalue weighted by molar-refractivity contribution is 0.0601. The summed E-state index contributed by atoms with van der Waals surface area (Å²) < 4.78 is 10.2. The second-order valence-electron chi connectivity index (χ2n) is 6.45. The standard InChI is InChI=1S/C20H18N2O4S/c1-11-6-8-12(9-7-11)15-10-14(22-26-15)18(23)21-19-17(20(24)25-2)13-4-3-5-16(13)27-19/h6-10H,3-5H2,1-2H3,(H,21,23). The van der Waals surface area contributed by atoms with Crippen molar-refractivity contribution in [1.82, 2.24) is 5.16 Å². The van der Waals surface area contributed by atoms with Gasteiger partial charge >= 0.3 is 5.97 Å². The molecule has 27 heavy (non-hydrogen) atoms. The highest BCUT2D eigenvalue weighted by Gasteiger charge is 2.28. The van der Waals surface area contributed by atoms with Crippen molar-refractivity contribution in [3.63, 3.8) is 0 Å². The summed E-state index contributed by atoms with van der Waals surface area (Å²) in [5.74, 6) is -0.325. The molecular formula is C20H18N2O4S. The van der Waals surface area contributed by atoms with E-state index in [-0.39, 0.29) is 5.69 Å². The quantitative estimate of drug-likeness (QED) is 0.683. The number of ether oxygens (including phenoxy) is 1. The second-order valence-corrected chi connectivity index (χ2v) is 7.55. The van der Waals surface area contributed by atoms with Crippen molar-refractivity contribution in [2.75, 3.05) is 12.4 Å². The normalized spacial score (nSPS) is 12.7. The van der Waals surface area contributed by atoms with Crippen LogP contribution in [-0.4, -0.2) is 24.1 Å². The van der Waals surface area contributed by atoms with Crippen molar-refractivity contribution >= 4 is 28.2 Å². The van der Waals surface area contributed by atoms with Crippen LogP contribution in [0, 0.1) is 6.92 Å². The molecule has 0 spiro atoms. The molecule has 0 fully saturated rings. The van der Waals surface area contributed by atoms with Gasteiger partial charge in [0, 0.05) is 16.5 Å². The number of hydrogen-bond donors (Lipinski definition) is 1. The Kier molecular flexibility index (Phi) is 4.53. The minimum absolute atomic E-state index is 0.162. The second kappa shape index (κ2) is 7.00. The zero-order valence-corrected chi connectivity index (χ0v) is 15.8. The van der Waals surface area contributed by atoms with E-state index in [1.807, 2.05) is 31.2 Å². The maximum absolute atomic E-state index is 12.6. The van der Waals surface area contributed by atoms with Gasteiger partial charge in [-0.2, -0.15) is 0 Å². The van der Waals surface area contributed by atoms with Gasteiger partial charge in [0.15, 0.2) is 11.5 Å². The van der Waals surface area contributed by atoms with Crippen LogP contribution in [0.2, 0.25) is 0 Å². The molecule has 4 rings (SSSR count). The number of amides is 1. The number of aromatic nitrogens is 1. The predicted molar refractivity (Wildman–Crippen MR) is 102 cm³/mol. The number of carbonyl (C=O) groups is 2. The van der Waals surface area contributed by atoms with Crippen LogP contribution in [0.15, 0.2) is 34.9 Å². The summed E-state index contributed by atoms with van der Waals surface area (Å²) in [5, 5.41) is 7.18. The highest BCUT2D eigenvalue weighted by Crippen LogP contribution is 2.39. The lowest BCUT2D eigenvalue weighted by atomic mass is 10.1. The van der Waals surface area contributed by atoms with Gasteiger partial charge in [0.25, 0.3) is 5.91 Å². The summed E-state index contributed by atoms with van der Waals surface area (Å²) in [5.41, 5.74) is 3.60. The number of anilines is 1. The van der Waals surface area contributed by atoms with Gasteiger partial charge in [-0.1, -0.05) is 35.0 Å². The van der Waals surface area contributed by atoms with Gasteiger partial charge in [-0.3, -0.25) is 4.79 Å². The largest absolute Gasteiger partial charge is 0.465 e. The number of fused-ring (bicyclic) bond motifs is 1. The number of esters is 1. The minimum atomic E-state index is -0.426. The average Bonchev–Trinajstić information content (AvgIpc) is 3.37. The minimum Gasteiger partial charge on any atom is -0.465 e. The van der Waals surface area contributed by atoms with Crippen molar-refractivity contribution in [3.8, 4) is 11.3 Å². The van der Waals surface area contributed by atoms with Crippen molar-refractivity contribution in [1.29, 1.82) is 0 Å². The Labute approximate surface area is 160 Å². The third kappa shape index (κ3) is 3.26. The lowest BCUT2D eigenvalue weighted by Crippen LogP contribution is -2.14. The Morgan fingerprint density at radius 3 is 2.74 bits per heavy atom. The molecule has 0 saturated heterocycles. The summed E-state index contributed by atoms with van der Waals surface area (Å²) in [6, 6.07) is 9.35. The van der Waals surface area contributed by atoms with E-state index >= 15 is 0 Å². The van der Waals surface area contributed by atoms with Gasteiger partial charge < -0.3 is 14.6 Å². The average molecular weight is 382 g/mol. The van der Waals surface area contributed by atoms with Gasteiger partial charge in [-0.25, -0.2) is 4.79 Å². The highest BCUT2D eigenvalue weighted by molar-refractivity contribution is 7.17. The Hall–Kier alpha value is -2.93. The Morgan fingerprint density at radius 2 is 2.00 bits per heavy atom. The number of carbonyl (C=O) groups excluding carboxylic acids is 2. The molecule has 1 amide bonds. The van der Waals surface area contributed by atoms with E-state index in [4.69, 9.17) is 9.26 Å². The van der Waals surface area contributed by atoms with Gasteiger partial charge in [0.2, 0.25) is 0 Å². The van der Waals surface area contributed by atoms with Gasteiger partial charge in [0.05, 0.1) is 12.7 Å². The number of nitrogens with zero attached hydrogens (tertiary/aromatic N) is 1. The molecule has 2 aromatic heterocycles. The topological polar surface area (TPSA) is 81.4 Å². The fourth-order valence-corrected chi connectivity index (χ4v) is 4.49. The number of thiophene rings is 1. The molecule has 1 aliphatic rings. The van der Waals surface area contributed by atoms with E-state index in [0.717, 1.165) is 40.8 Å². The Morgan fingerprint density at radius 1 is 1.22 bits per heavy atom. The predicted octanol–water partition coefficient (Wildman–Crippen LogP) is 4.24. The summed E-state index contributed by atoms with van der Waals surface area (Å²) in [7, 11) is 1.35. The molecule has 0 atom stereocenters. The molecule has 1 N–H and O–H groups in total. The number of rotatable bonds is 4. The maximum Gasteiger partial charge on any atom is 0.341 e. The van der Waals surface area contributed by atoms with Crippen molar-refractivity contribution in [3.05, 3.63) is 57.6 Å². The number of nitrogens with one attached hydrogen (secondary N) is 1. The van der Waals surface area contributed by atoms with Crippen LogP contribution in [0.5, 0.6) is 0 Å². The molecule has 0 aliphatic heterocycles. The van der Waals surface area contributed by atoms with Crippen LogP contribution in [0.4, 0.5) is 5.00 Å². The van der Waals surface area contributed by atoms with Crippen molar-refractivity contribution in [2.24, 2.45) is 0 Å². The summed E-state index contributed by atoms with van der Waals surface area (Å²) in [6.07, 6.45) is 2.76. The molecule has 6 nitrogen and oxygen atoms in total. The molecule has 0 bridgehead atoms. The molecule has 138 valence electrons. The summed E-state index contributed by atoms with van der Waals surface area (Å²) >= 11 is 1.43. The zero-order valence-electron chi connectivity index (χ0n) is 15.0. The fourth-order valence-electron chi connectivity index (χ4n) is 3.21. The molecule has 0 unspecified atom stereocenters. The maximum atomic E-state index is 12.6. The zero-order chi connectivity index (χ0) is 19.0. The number of hydrogen-bond acceptors (Lipinski definition) is 6.